The maximum atomic E-state index is 4.18. The predicted molar refractivity (Wildman–Crippen MR) is 58.5 cm³/mol. The third kappa shape index (κ3) is 25.2. The Morgan fingerprint density at radius 3 is 1.45 bits per heavy atom. The predicted octanol–water partition coefficient (Wildman–Crippen LogP) is 4.16. The molecule has 0 spiro atoms. The summed E-state index contributed by atoms with van der Waals surface area (Å²) < 4.78 is 0. The van der Waals surface area contributed by atoms with Gasteiger partial charge in [0.25, 0.3) is 0 Å². The van der Waals surface area contributed by atoms with Crippen LogP contribution in [0.3, 0.4) is 0 Å². The van der Waals surface area contributed by atoms with Crippen LogP contribution in [0.4, 0.5) is 0 Å². The SMILES string of the molecule is CCC(C)C.CCCC(C)S. The fourth-order valence-electron chi connectivity index (χ4n) is 0.418. The van der Waals surface area contributed by atoms with Gasteiger partial charge >= 0.3 is 0 Å². The minimum Gasteiger partial charge on any atom is -0.176 e. The van der Waals surface area contributed by atoms with E-state index in [1.165, 1.54) is 19.3 Å². The van der Waals surface area contributed by atoms with E-state index in [1.807, 2.05) is 0 Å². The molecular formula is C10H24S. The minimum atomic E-state index is 0.593. The molecule has 1 unspecified atom stereocenters. The first-order chi connectivity index (χ1) is 5.04. The molecule has 0 rings (SSSR count). The summed E-state index contributed by atoms with van der Waals surface area (Å²) in [6.45, 7) is 10.9. The van der Waals surface area contributed by atoms with Crippen LogP contribution in [0.15, 0.2) is 0 Å². The van der Waals surface area contributed by atoms with Crippen LogP contribution in [0.25, 0.3) is 0 Å². The molecule has 1 heteroatoms. The van der Waals surface area contributed by atoms with Crippen LogP contribution in [0.1, 0.15) is 53.9 Å². The molecule has 0 aliphatic rings. The summed E-state index contributed by atoms with van der Waals surface area (Å²) in [6.07, 6.45) is 3.80. The van der Waals surface area contributed by atoms with Crippen LogP contribution in [0, 0.1) is 5.92 Å². The van der Waals surface area contributed by atoms with Gasteiger partial charge in [-0.15, -0.1) is 0 Å². The molecule has 0 nitrogen and oxygen atoms in total. The van der Waals surface area contributed by atoms with Crippen molar-refractivity contribution in [3.63, 3.8) is 0 Å². The molecule has 11 heavy (non-hydrogen) atoms. The molecule has 1 atom stereocenters. The molecule has 0 aromatic heterocycles. The van der Waals surface area contributed by atoms with Crippen LogP contribution in [0.5, 0.6) is 0 Å². The summed E-state index contributed by atoms with van der Waals surface area (Å²) >= 11 is 4.18. The van der Waals surface area contributed by atoms with Gasteiger partial charge in [-0.05, 0) is 17.6 Å². The number of rotatable bonds is 3. The zero-order chi connectivity index (χ0) is 9.28. The van der Waals surface area contributed by atoms with Gasteiger partial charge in [0.2, 0.25) is 0 Å². The van der Waals surface area contributed by atoms with E-state index in [4.69, 9.17) is 0 Å². The Morgan fingerprint density at radius 2 is 1.45 bits per heavy atom. The normalized spacial score (nSPS) is 12.3. The van der Waals surface area contributed by atoms with E-state index in [9.17, 15) is 0 Å². The van der Waals surface area contributed by atoms with Crippen molar-refractivity contribution in [3.05, 3.63) is 0 Å². The summed E-state index contributed by atoms with van der Waals surface area (Å²) in [5.41, 5.74) is 0. The topological polar surface area (TPSA) is 0 Å². The average Bonchev–Trinajstić information content (AvgIpc) is 1.89. The van der Waals surface area contributed by atoms with Gasteiger partial charge in [-0.25, -0.2) is 0 Å². The first kappa shape index (κ1) is 13.9. The molecule has 0 bridgehead atoms. The summed E-state index contributed by atoms with van der Waals surface area (Å²) in [5.74, 6) is 0.884. The molecule has 0 saturated heterocycles. The van der Waals surface area contributed by atoms with Gasteiger partial charge in [0.1, 0.15) is 0 Å². The van der Waals surface area contributed by atoms with Gasteiger partial charge in [0, 0.05) is 0 Å². The van der Waals surface area contributed by atoms with Gasteiger partial charge < -0.3 is 0 Å². The van der Waals surface area contributed by atoms with Crippen LogP contribution >= 0.6 is 12.6 Å². The lowest BCUT2D eigenvalue weighted by molar-refractivity contribution is 0.626. The van der Waals surface area contributed by atoms with Crippen molar-refractivity contribution < 1.29 is 0 Å². The molecule has 0 fully saturated rings. The molecule has 70 valence electrons. The molecule has 0 aromatic rings. The molecule has 0 aliphatic heterocycles. The molecule has 0 aromatic carbocycles. The second kappa shape index (κ2) is 10.3. The van der Waals surface area contributed by atoms with Crippen molar-refractivity contribution in [1.29, 1.82) is 0 Å². The summed E-state index contributed by atoms with van der Waals surface area (Å²) in [5, 5.41) is 0.593. The molecule has 0 N–H and O–H groups in total. The first-order valence-electron chi connectivity index (χ1n) is 4.72. The van der Waals surface area contributed by atoms with Crippen molar-refractivity contribution in [3.8, 4) is 0 Å². The van der Waals surface area contributed by atoms with Gasteiger partial charge in [0.05, 0.1) is 0 Å². The molecule has 0 amide bonds. The Hall–Kier alpha value is 0.350. The Kier molecular flexibility index (Phi) is 13.1. The zero-order valence-electron chi connectivity index (χ0n) is 8.72. The molecule has 0 aliphatic carbocycles. The van der Waals surface area contributed by atoms with E-state index in [0.717, 1.165) is 5.92 Å². The lowest BCUT2D eigenvalue weighted by Gasteiger charge is -1.95. The quantitative estimate of drug-likeness (QED) is 0.613. The summed E-state index contributed by atoms with van der Waals surface area (Å²) in [6, 6.07) is 0. The third-order valence-corrected chi connectivity index (χ3v) is 1.78. The molecule has 0 saturated carbocycles. The largest absolute Gasteiger partial charge is 0.176 e. The van der Waals surface area contributed by atoms with Gasteiger partial charge in [-0.1, -0.05) is 47.5 Å². The Balaban J connectivity index is 0. The second-order valence-corrected chi connectivity index (χ2v) is 4.32. The zero-order valence-corrected chi connectivity index (χ0v) is 9.62. The maximum Gasteiger partial charge on any atom is -0.00117 e. The lowest BCUT2D eigenvalue weighted by atomic mass is 10.2. The second-order valence-electron chi connectivity index (χ2n) is 3.44. The van der Waals surface area contributed by atoms with Crippen molar-refractivity contribution in [2.24, 2.45) is 5.92 Å². The Morgan fingerprint density at radius 1 is 1.09 bits per heavy atom. The molecule has 0 radical (unpaired) electrons. The summed E-state index contributed by atoms with van der Waals surface area (Å²) in [7, 11) is 0. The minimum absolute atomic E-state index is 0.593. The third-order valence-electron chi connectivity index (χ3n) is 1.52. The summed E-state index contributed by atoms with van der Waals surface area (Å²) in [4.78, 5) is 0. The fourth-order valence-corrected chi connectivity index (χ4v) is 0.676. The van der Waals surface area contributed by atoms with E-state index in [-0.39, 0.29) is 0 Å². The van der Waals surface area contributed by atoms with Crippen LogP contribution in [-0.4, -0.2) is 5.25 Å². The highest BCUT2D eigenvalue weighted by Gasteiger charge is 1.86. The van der Waals surface area contributed by atoms with Gasteiger partial charge in [0.15, 0.2) is 0 Å². The lowest BCUT2D eigenvalue weighted by Crippen LogP contribution is -1.85. The van der Waals surface area contributed by atoms with Crippen molar-refractivity contribution in [2.75, 3.05) is 0 Å². The number of hydrogen-bond donors (Lipinski definition) is 1. The molecule has 0 heterocycles. The smallest absolute Gasteiger partial charge is 0.00117 e. The monoisotopic (exact) mass is 176 g/mol. The Labute approximate surface area is 78.2 Å². The van der Waals surface area contributed by atoms with E-state index >= 15 is 0 Å². The van der Waals surface area contributed by atoms with Crippen LogP contribution in [-0.2, 0) is 0 Å². The fraction of sp³-hybridized carbons (Fsp3) is 1.00. The maximum absolute atomic E-state index is 4.18. The highest BCUT2D eigenvalue weighted by molar-refractivity contribution is 7.80. The average molecular weight is 176 g/mol. The first-order valence-corrected chi connectivity index (χ1v) is 5.24. The van der Waals surface area contributed by atoms with E-state index in [0.29, 0.717) is 5.25 Å². The van der Waals surface area contributed by atoms with Crippen molar-refractivity contribution in [2.45, 2.75) is 59.1 Å². The number of thiol groups is 1. The highest BCUT2D eigenvalue weighted by atomic mass is 32.1. The van der Waals surface area contributed by atoms with Gasteiger partial charge in [-0.2, -0.15) is 12.6 Å². The van der Waals surface area contributed by atoms with E-state index in [2.05, 4.69) is 47.2 Å². The van der Waals surface area contributed by atoms with Crippen molar-refractivity contribution >= 4 is 12.6 Å². The number of hydrogen-bond acceptors (Lipinski definition) is 1. The van der Waals surface area contributed by atoms with E-state index < -0.39 is 0 Å². The van der Waals surface area contributed by atoms with Crippen molar-refractivity contribution in [1.82, 2.24) is 0 Å². The van der Waals surface area contributed by atoms with Crippen LogP contribution in [0.2, 0.25) is 0 Å². The Bertz CT molecular complexity index is 57.9. The highest BCUT2D eigenvalue weighted by Crippen LogP contribution is 2.00. The van der Waals surface area contributed by atoms with Crippen LogP contribution < -0.4 is 0 Å². The standard InChI is InChI=1S/C5H12S.C5H12/c1-3-4-5(2)6;1-4-5(2)3/h5-6H,3-4H2,1-2H3;5H,4H2,1-3H3. The van der Waals surface area contributed by atoms with Gasteiger partial charge in [-0.3, -0.25) is 0 Å². The van der Waals surface area contributed by atoms with E-state index in [1.54, 1.807) is 0 Å². The molecular weight excluding hydrogens is 152 g/mol.